The molecule has 0 aromatic heterocycles. The highest BCUT2D eigenvalue weighted by atomic mass is 16.5. The first-order valence-corrected chi connectivity index (χ1v) is 6.15. The van der Waals surface area contributed by atoms with Gasteiger partial charge in [0.1, 0.15) is 0 Å². The highest BCUT2D eigenvalue weighted by molar-refractivity contribution is 5.84. The maximum absolute atomic E-state index is 12.1. The van der Waals surface area contributed by atoms with E-state index < -0.39 is 0 Å². The van der Waals surface area contributed by atoms with E-state index in [1.165, 1.54) is 0 Å². The number of rotatable bonds is 3. The summed E-state index contributed by atoms with van der Waals surface area (Å²) in [6.45, 7) is 6.26. The van der Waals surface area contributed by atoms with E-state index in [-0.39, 0.29) is 18.1 Å². The van der Waals surface area contributed by atoms with Crippen molar-refractivity contribution in [3.05, 3.63) is 0 Å². The van der Waals surface area contributed by atoms with Crippen LogP contribution in [0.15, 0.2) is 0 Å². The van der Waals surface area contributed by atoms with Crippen LogP contribution >= 0.6 is 0 Å². The van der Waals surface area contributed by atoms with Crippen molar-refractivity contribution in [3.8, 4) is 0 Å². The molecular weight excluding hydrogens is 204 g/mol. The molecule has 0 spiro atoms. The molecule has 2 rings (SSSR count). The molecule has 16 heavy (non-hydrogen) atoms. The highest BCUT2D eigenvalue weighted by Gasteiger charge is 2.46. The average Bonchev–Trinajstić information content (AvgIpc) is 2.44. The number of carbonyl (C=O) groups excluding carboxylic acids is 1. The first-order chi connectivity index (χ1) is 7.54. The Bertz CT molecular complexity index is 274. The van der Waals surface area contributed by atoms with Crippen molar-refractivity contribution >= 4 is 5.91 Å². The number of methoxy groups -OCH3 is 1. The standard InChI is InChI=1S/C12H22N2O2/c1-7(2)11-13-8(3)12(15)14(11)9-5-10(6-9)16-4/h7-11,13H,5-6H2,1-4H3. The monoisotopic (exact) mass is 226 g/mol. The summed E-state index contributed by atoms with van der Waals surface area (Å²) in [5, 5.41) is 3.37. The van der Waals surface area contributed by atoms with Gasteiger partial charge in [-0.1, -0.05) is 13.8 Å². The number of nitrogens with zero attached hydrogens (tertiary/aromatic N) is 1. The smallest absolute Gasteiger partial charge is 0.240 e. The van der Waals surface area contributed by atoms with Gasteiger partial charge < -0.3 is 9.64 Å². The third kappa shape index (κ3) is 1.84. The third-order valence-electron chi connectivity index (χ3n) is 3.77. The van der Waals surface area contributed by atoms with E-state index in [0.29, 0.717) is 18.1 Å². The van der Waals surface area contributed by atoms with E-state index >= 15 is 0 Å². The molecule has 2 fully saturated rings. The van der Waals surface area contributed by atoms with E-state index in [0.717, 1.165) is 12.8 Å². The quantitative estimate of drug-likeness (QED) is 0.779. The van der Waals surface area contributed by atoms with E-state index in [1.54, 1.807) is 7.11 Å². The molecule has 1 amide bonds. The Labute approximate surface area is 97.3 Å². The minimum absolute atomic E-state index is 0.0333. The first-order valence-electron chi connectivity index (χ1n) is 6.15. The van der Waals surface area contributed by atoms with Crippen molar-refractivity contribution in [2.45, 2.75) is 58.0 Å². The fourth-order valence-electron chi connectivity index (χ4n) is 2.65. The second-order valence-electron chi connectivity index (χ2n) is 5.31. The van der Waals surface area contributed by atoms with Crippen LogP contribution < -0.4 is 5.32 Å². The molecule has 0 radical (unpaired) electrons. The largest absolute Gasteiger partial charge is 0.381 e. The van der Waals surface area contributed by atoms with Gasteiger partial charge in [-0.05, 0) is 25.7 Å². The van der Waals surface area contributed by atoms with Gasteiger partial charge in [0.15, 0.2) is 0 Å². The zero-order valence-corrected chi connectivity index (χ0v) is 10.6. The molecule has 0 bridgehead atoms. The van der Waals surface area contributed by atoms with Crippen LogP contribution in [0.3, 0.4) is 0 Å². The number of carbonyl (C=O) groups is 1. The van der Waals surface area contributed by atoms with Crippen molar-refractivity contribution in [2.75, 3.05) is 7.11 Å². The summed E-state index contributed by atoms with van der Waals surface area (Å²) in [6.07, 6.45) is 2.52. The molecule has 4 heteroatoms. The molecule has 0 aromatic rings. The number of amides is 1. The molecule has 1 saturated carbocycles. The Kier molecular flexibility index (Phi) is 3.22. The summed E-state index contributed by atoms with van der Waals surface area (Å²) in [6, 6.07) is 0.344. The molecule has 1 N–H and O–H groups in total. The predicted octanol–water partition coefficient (Wildman–Crippen LogP) is 0.966. The second kappa shape index (κ2) is 4.34. The van der Waals surface area contributed by atoms with Crippen molar-refractivity contribution in [1.82, 2.24) is 10.2 Å². The SMILES string of the molecule is COC1CC(N2C(=O)C(C)NC2C(C)C)C1. The van der Waals surface area contributed by atoms with Crippen molar-refractivity contribution < 1.29 is 9.53 Å². The van der Waals surface area contributed by atoms with Crippen LogP contribution in [0.25, 0.3) is 0 Å². The van der Waals surface area contributed by atoms with Gasteiger partial charge in [0.2, 0.25) is 5.91 Å². The van der Waals surface area contributed by atoms with Crippen LogP contribution in [0.2, 0.25) is 0 Å². The summed E-state index contributed by atoms with van der Waals surface area (Å²) in [5.41, 5.74) is 0. The van der Waals surface area contributed by atoms with Crippen LogP contribution in [0.5, 0.6) is 0 Å². The highest BCUT2D eigenvalue weighted by Crippen LogP contribution is 2.33. The zero-order chi connectivity index (χ0) is 11.9. The van der Waals surface area contributed by atoms with E-state index in [1.807, 2.05) is 11.8 Å². The lowest BCUT2D eigenvalue weighted by Crippen LogP contribution is -2.54. The molecule has 1 saturated heterocycles. The Morgan fingerprint density at radius 1 is 1.44 bits per heavy atom. The van der Waals surface area contributed by atoms with Crippen LogP contribution in [0, 0.1) is 5.92 Å². The number of hydrogen-bond acceptors (Lipinski definition) is 3. The number of hydrogen-bond donors (Lipinski definition) is 1. The second-order valence-corrected chi connectivity index (χ2v) is 5.31. The molecule has 1 heterocycles. The fraction of sp³-hybridized carbons (Fsp3) is 0.917. The Hall–Kier alpha value is -0.610. The molecular formula is C12H22N2O2. The molecule has 92 valence electrons. The Balaban J connectivity index is 2.03. The van der Waals surface area contributed by atoms with Gasteiger partial charge in [0.05, 0.1) is 18.3 Å². The lowest BCUT2D eigenvalue weighted by molar-refractivity contribution is -0.138. The van der Waals surface area contributed by atoms with Crippen LogP contribution in [-0.2, 0) is 9.53 Å². The number of ether oxygens (including phenoxy) is 1. The molecule has 0 aromatic carbocycles. The van der Waals surface area contributed by atoms with Crippen LogP contribution in [0.4, 0.5) is 0 Å². The molecule has 2 unspecified atom stereocenters. The van der Waals surface area contributed by atoms with Crippen LogP contribution in [-0.4, -0.2) is 42.3 Å². The van der Waals surface area contributed by atoms with E-state index in [2.05, 4.69) is 19.2 Å². The van der Waals surface area contributed by atoms with Crippen molar-refractivity contribution in [1.29, 1.82) is 0 Å². The fourth-order valence-corrected chi connectivity index (χ4v) is 2.65. The minimum Gasteiger partial charge on any atom is -0.381 e. The molecule has 4 nitrogen and oxygen atoms in total. The van der Waals surface area contributed by atoms with Crippen molar-refractivity contribution in [2.24, 2.45) is 5.92 Å². The Morgan fingerprint density at radius 2 is 2.06 bits per heavy atom. The summed E-state index contributed by atoms with van der Waals surface area (Å²) in [4.78, 5) is 14.1. The lowest BCUT2D eigenvalue weighted by atomic mass is 9.87. The Morgan fingerprint density at radius 3 is 2.56 bits per heavy atom. The van der Waals surface area contributed by atoms with Crippen molar-refractivity contribution in [3.63, 3.8) is 0 Å². The lowest BCUT2D eigenvalue weighted by Gasteiger charge is -2.43. The molecule has 1 aliphatic carbocycles. The molecule has 2 aliphatic rings. The van der Waals surface area contributed by atoms with Gasteiger partial charge in [-0.3, -0.25) is 10.1 Å². The first kappa shape index (κ1) is 11.9. The summed E-state index contributed by atoms with van der Waals surface area (Å²) < 4.78 is 5.28. The minimum atomic E-state index is -0.0333. The maximum Gasteiger partial charge on any atom is 0.240 e. The average molecular weight is 226 g/mol. The van der Waals surface area contributed by atoms with Gasteiger partial charge in [0.25, 0.3) is 0 Å². The zero-order valence-electron chi connectivity index (χ0n) is 10.6. The molecule has 1 aliphatic heterocycles. The molecule has 2 atom stereocenters. The predicted molar refractivity (Wildman–Crippen MR) is 61.9 cm³/mol. The maximum atomic E-state index is 12.1. The third-order valence-corrected chi connectivity index (χ3v) is 3.77. The topological polar surface area (TPSA) is 41.6 Å². The normalized spacial score (nSPS) is 39.3. The van der Waals surface area contributed by atoms with Gasteiger partial charge in [-0.2, -0.15) is 0 Å². The number of nitrogens with one attached hydrogen (secondary N) is 1. The van der Waals surface area contributed by atoms with Gasteiger partial charge in [-0.15, -0.1) is 0 Å². The van der Waals surface area contributed by atoms with Gasteiger partial charge >= 0.3 is 0 Å². The van der Waals surface area contributed by atoms with Gasteiger partial charge in [-0.25, -0.2) is 0 Å². The van der Waals surface area contributed by atoms with E-state index in [4.69, 9.17) is 4.74 Å². The van der Waals surface area contributed by atoms with E-state index in [9.17, 15) is 4.79 Å². The summed E-state index contributed by atoms with van der Waals surface area (Å²) >= 11 is 0. The van der Waals surface area contributed by atoms with Crippen LogP contribution in [0.1, 0.15) is 33.6 Å². The van der Waals surface area contributed by atoms with Gasteiger partial charge in [0, 0.05) is 13.2 Å². The summed E-state index contributed by atoms with van der Waals surface area (Å²) in [5.74, 6) is 0.703. The summed E-state index contributed by atoms with van der Waals surface area (Å²) in [7, 11) is 1.74.